The van der Waals surface area contributed by atoms with Crippen LogP contribution in [0.4, 0.5) is 5.69 Å². The summed E-state index contributed by atoms with van der Waals surface area (Å²) in [5.41, 5.74) is 3.77. The molecule has 0 aliphatic rings. The Kier molecular flexibility index (Phi) is 5.90. The minimum Gasteiger partial charge on any atom is -0.486 e. The molecule has 0 spiro atoms. The Morgan fingerprint density at radius 3 is 2.60 bits per heavy atom. The van der Waals surface area contributed by atoms with Crippen molar-refractivity contribution < 1.29 is 9.53 Å². The van der Waals surface area contributed by atoms with E-state index in [1.807, 2.05) is 47.5 Å². The fourth-order valence-electron chi connectivity index (χ4n) is 2.90. The van der Waals surface area contributed by atoms with Crippen molar-refractivity contribution >= 4 is 22.9 Å². The second-order valence-corrected chi connectivity index (χ2v) is 7.86. The van der Waals surface area contributed by atoms with Crippen molar-refractivity contribution in [3.05, 3.63) is 83.4 Å². The molecule has 0 saturated carbocycles. The summed E-state index contributed by atoms with van der Waals surface area (Å²) in [4.78, 5) is 21.2. The van der Waals surface area contributed by atoms with Crippen LogP contribution < -0.4 is 10.1 Å². The first-order valence-electron chi connectivity index (χ1n) is 9.57. The number of carbonyl (C=O) groups excluding carboxylic acids is 1. The van der Waals surface area contributed by atoms with E-state index < -0.39 is 0 Å². The normalized spacial score (nSPS) is 10.7. The smallest absolute Gasteiger partial charge is 0.230 e. The van der Waals surface area contributed by atoms with Gasteiger partial charge in [0.25, 0.3) is 0 Å². The first kappa shape index (κ1) is 19.8. The van der Waals surface area contributed by atoms with Crippen LogP contribution in [-0.2, 0) is 24.9 Å². The van der Waals surface area contributed by atoms with Gasteiger partial charge in [-0.15, -0.1) is 11.3 Å². The third-order valence-corrected chi connectivity index (χ3v) is 5.56. The zero-order valence-electron chi connectivity index (χ0n) is 16.8. The van der Waals surface area contributed by atoms with Crippen molar-refractivity contribution in [3.63, 3.8) is 0 Å². The highest BCUT2D eigenvalue weighted by atomic mass is 32.1. The summed E-state index contributed by atoms with van der Waals surface area (Å²) in [6, 6.07) is 15.5. The molecule has 1 amide bonds. The maximum atomic E-state index is 12.4. The van der Waals surface area contributed by atoms with E-state index in [-0.39, 0.29) is 12.3 Å². The molecular formula is C23H22N4O2S. The number of rotatable bonds is 7. The van der Waals surface area contributed by atoms with Gasteiger partial charge in [0.15, 0.2) is 0 Å². The first-order chi connectivity index (χ1) is 14.6. The summed E-state index contributed by atoms with van der Waals surface area (Å²) in [6.45, 7) is 2.45. The minimum atomic E-state index is -0.0996. The minimum absolute atomic E-state index is 0.0996. The Labute approximate surface area is 179 Å². The number of aryl methyl sites for hydroxylation is 2. The van der Waals surface area contributed by atoms with Gasteiger partial charge in [-0.25, -0.2) is 9.97 Å². The van der Waals surface area contributed by atoms with Gasteiger partial charge in [-0.2, -0.15) is 0 Å². The van der Waals surface area contributed by atoms with E-state index >= 15 is 0 Å². The van der Waals surface area contributed by atoms with E-state index in [0.29, 0.717) is 6.61 Å². The average Bonchev–Trinajstić information content (AvgIpc) is 3.37. The largest absolute Gasteiger partial charge is 0.486 e. The van der Waals surface area contributed by atoms with Crippen LogP contribution in [0.2, 0.25) is 0 Å². The number of benzene rings is 2. The molecule has 4 rings (SSSR count). The molecule has 2 heterocycles. The summed E-state index contributed by atoms with van der Waals surface area (Å²) in [7, 11) is 1.93. The van der Waals surface area contributed by atoms with Crippen molar-refractivity contribution in [1.29, 1.82) is 0 Å². The summed E-state index contributed by atoms with van der Waals surface area (Å²) < 4.78 is 7.65. The second kappa shape index (κ2) is 8.92. The molecule has 0 radical (unpaired) electrons. The predicted molar refractivity (Wildman–Crippen MR) is 119 cm³/mol. The Morgan fingerprint density at radius 1 is 1.13 bits per heavy atom. The zero-order valence-corrected chi connectivity index (χ0v) is 17.6. The van der Waals surface area contributed by atoms with Gasteiger partial charge in [0.05, 0.1) is 12.1 Å². The number of thiazole rings is 1. The molecule has 2 aromatic carbocycles. The second-order valence-electron chi connectivity index (χ2n) is 7.00. The number of hydrogen-bond acceptors (Lipinski definition) is 5. The summed E-state index contributed by atoms with van der Waals surface area (Å²) in [5.74, 6) is 1.47. The lowest BCUT2D eigenvalue weighted by Crippen LogP contribution is -2.14. The highest BCUT2D eigenvalue weighted by Crippen LogP contribution is 2.24. The lowest BCUT2D eigenvalue weighted by Gasteiger charge is -2.08. The van der Waals surface area contributed by atoms with Gasteiger partial charge in [0.2, 0.25) is 5.91 Å². The van der Waals surface area contributed by atoms with Crippen LogP contribution in [0.3, 0.4) is 0 Å². The van der Waals surface area contributed by atoms with Crippen molar-refractivity contribution in [2.75, 3.05) is 5.32 Å². The van der Waals surface area contributed by atoms with E-state index in [2.05, 4.69) is 46.5 Å². The molecule has 6 nitrogen and oxygen atoms in total. The monoisotopic (exact) mass is 418 g/mol. The van der Waals surface area contributed by atoms with Gasteiger partial charge in [-0.1, -0.05) is 29.8 Å². The topological polar surface area (TPSA) is 69.0 Å². The van der Waals surface area contributed by atoms with Crippen LogP contribution in [-0.4, -0.2) is 20.4 Å². The molecule has 2 aromatic heterocycles. The van der Waals surface area contributed by atoms with Gasteiger partial charge in [0, 0.05) is 36.1 Å². The van der Waals surface area contributed by atoms with Crippen LogP contribution in [0, 0.1) is 6.92 Å². The summed E-state index contributed by atoms with van der Waals surface area (Å²) in [6.07, 6.45) is 3.85. The van der Waals surface area contributed by atoms with Gasteiger partial charge < -0.3 is 14.6 Å². The van der Waals surface area contributed by atoms with Crippen molar-refractivity contribution in [1.82, 2.24) is 14.5 Å². The van der Waals surface area contributed by atoms with Crippen LogP contribution in [0.1, 0.15) is 17.1 Å². The van der Waals surface area contributed by atoms with E-state index in [4.69, 9.17) is 4.74 Å². The molecule has 1 N–H and O–H groups in total. The number of amides is 1. The fourth-order valence-corrected chi connectivity index (χ4v) is 3.73. The Bertz CT molecular complexity index is 1130. The van der Waals surface area contributed by atoms with E-state index in [9.17, 15) is 4.79 Å². The van der Waals surface area contributed by atoms with Crippen LogP contribution in [0.25, 0.3) is 10.6 Å². The maximum Gasteiger partial charge on any atom is 0.230 e. The van der Waals surface area contributed by atoms with E-state index in [1.165, 1.54) is 5.56 Å². The van der Waals surface area contributed by atoms with E-state index in [0.717, 1.165) is 33.5 Å². The van der Waals surface area contributed by atoms with Crippen molar-refractivity contribution in [2.24, 2.45) is 7.05 Å². The highest BCUT2D eigenvalue weighted by molar-refractivity contribution is 7.13. The maximum absolute atomic E-state index is 12.4. The van der Waals surface area contributed by atoms with Crippen LogP contribution >= 0.6 is 11.3 Å². The van der Waals surface area contributed by atoms with Crippen LogP contribution in [0.5, 0.6) is 5.75 Å². The van der Waals surface area contributed by atoms with E-state index in [1.54, 1.807) is 17.5 Å². The number of ether oxygens (including phenoxy) is 1. The molecule has 0 atom stereocenters. The third kappa shape index (κ3) is 4.93. The lowest BCUT2D eigenvalue weighted by atomic mass is 10.2. The molecule has 7 heteroatoms. The number of nitrogens with one attached hydrogen (secondary N) is 1. The Hall–Kier alpha value is -3.45. The van der Waals surface area contributed by atoms with Gasteiger partial charge in [-0.3, -0.25) is 4.79 Å². The third-order valence-electron chi connectivity index (χ3n) is 4.62. The Morgan fingerprint density at radius 2 is 1.90 bits per heavy atom. The molecule has 0 fully saturated rings. The average molecular weight is 419 g/mol. The fraction of sp³-hybridized carbons (Fsp3) is 0.174. The molecule has 0 bridgehead atoms. The van der Waals surface area contributed by atoms with Crippen LogP contribution in [0.15, 0.2) is 66.3 Å². The molecule has 0 saturated heterocycles. The molecule has 0 aliphatic carbocycles. The molecular weight excluding hydrogens is 396 g/mol. The number of anilines is 1. The van der Waals surface area contributed by atoms with Gasteiger partial charge in [0.1, 0.15) is 23.2 Å². The first-order valence-corrected chi connectivity index (χ1v) is 10.4. The number of carbonyl (C=O) groups is 1. The van der Waals surface area contributed by atoms with Crippen molar-refractivity contribution in [3.8, 4) is 16.3 Å². The molecule has 0 unspecified atom stereocenters. The number of aromatic nitrogens is 3. The molecule has 4 aromatic rings. The highest BCUT2D eigenvalue weighted by Gasteiger charge is 2.10. The predicted octanol–water partition coefficient (Wildman–Crippen LogP) is 4.61. The number of nitrogens with zero attached hydrogens (tertiary/aromatic N) is 3. The quantitative estimate of drug-likeness (QED) is 0.476. The molecule has 0 aliphatic heterocycles. The number of imidazole rings is 1. The van der Waals surface area contributed by atoms with Gasteiger partial charge in [-0.05, 0) is 31.2 Å². The summed E-state index contributed by atoms with van der Waals surface area (Å²) in [5, 5.41) is 5.76. The zero-order chi connectivity index (χ0) is 20.9. The standard InChI is InChI=1S/C23H22N4O2S/c1-16-3-5-17(6-4-16)23-26-19(15-30-23)13-22(28)25-18-7-9-20(10-8-18)29-14-21-24-11-12-27(21)2/h3-12,15H,13-14H2,1-2H3,(H,25,28). The SMILES string of the molecule is Cc1ccc(-c2nc(CC(=O)Nc3ccc(OCc4nccn4C)cc3)cs2)cc1. The Balaban J connectivity index is 1.31. The summed E-state index contributed by atoms with van der Waals surface area (Å²) >= 11 is 1.55. The number of hydrogen-bond donors (Lipinski definition) is 1. The molecule has 30 heavy (non-hydrogen) atoms. The van der Waals surface area contributed by atoms with Gasteiger partial charge >= 0.3 is 0 Å². The van der Waals surface area contributed by atoms with Crippen molar-refractivity contribution in [2.45, 2.75) is 20.0 Å². The molecule has 152 valence electrons. The lowest BCUT2D eigenvalue weighted by molar-refractivity contribution is -0.115.